The van der Waals surface area contributed by atoms with Crippen LogP contribution in [0.2, 0.25) is 0 Å². The molecule has 0 radical (unpaired) electrons. The molecule has 0 N–H and O–H groups in total. The van der Waals surface area contributed by atoms with Crippen LogP contribution in [0.25, 0.3) is 0 Å². The minimum atomic E-state index is -0.797. The second-order valence-electron chi connectivity index (χ2n) is 17.1. The number of rotatable bonds is 46. The van der Waals surface area contributed by atoms with Crippen molar-refractivity contribution in [1.82, 2.24) is 0 Å². The summed E-state index contributed by atoms with van der Waals surface area (Å²) in [5.74, 6) is -0.944. The Morgan fingerprint density at radius 2 is 0.656 bits per heavy atom. The summed E-state index contributed by atoms with van der Waals surface area (Å²) in [7, 11) is 0. The molecule has 0 aliphatic rings. The highest BCUT2D eigenvalue weighted by Crippen LogP contribution is 2.15. The summed E-state index contributed by atoms with van der Waals surface area (Å²) in [6.45, 7) is 6.45. The van der Waals surface area contributed by atoms with Gasteiger partial charge in [0.1, 0.15) is 13.2 Å². The molecule has 0 aromatic rings. The first-order valence-electron chi connectivity index (χ1n) is 25.8. The molecular formula is C55H96O6. The van der Waals surface area contributed by atoms with Crippen molar-refractivity contribution >= 4 is 17.9 Å². The van der Waals surface area contributed by atoms with E-state index in [4.69, 9.17) is 14.2 Å². The summed E-state index contributed by atoms with van der Waals surface area (Å²) in [5, 5.41) is 0. The third kappa shape index (κ3) is 48.0. The van der Waals surface area contributed by atoms with E-state index >= 15 is 0 Å². The van der Waals surface area contributed by atoms with Gasteiger partial charge in [0.25, 0.3) is 0 Å². The van der Waals surface area contributed by atoms with Crippen LogP contribution in [0.5, 0.6) is 0 Å². The highest BCUT2D eigenvalue weighted by atomic mass is 16.6. The zero-order valence-electron chi connectivity index (χ0n) is 40.2. The molecule has 61 heavy (non-hydrogen) atoms. The standard InChI is InChI=1S/C55H96O6/c1-4-7-10-13-16-19-22-25-26-27-28-31-33-36-39-42-45-48-54(57)60-51-52(61-55(58)49-46-43-40-37-34-30-24-21-18-15-12-9-6-3)50-59-53(56)47-44-41-38-35-32-29-23-20-17-14-11-8-5-2/h9,12,15,18,21,24,29-30,32,34,52H,4-8,10-11,13-14,16-17,19-20,22-23,25-28,31,33,35-51H2,1-3H3/b12-9-,18-15-,24-21-,32-29-,34-30-. The van der Waals surface area contributed by atoms with Crippen molar-refractivity contribution in [3.05, 3.63) is 60.8 Å². The normalized spacial score (nSPS) is 12.5. The van der Waals surface area contributed by atoms with Gasteiger partial charge in [0.2, 0.25) is 0 Å². The van der Waals surface area contributed by atoms with Gasteiger partial charge in [-0.2, -0.15) is 0 Å². The lowest BCUT2D eigenvalue weighted by molar-refractivity contribution is -0.167. The van der Waals surface area contributed by atoms with Gasteiger partial charge in [-0.15, -0.1) is 0 Å². The molecule has 0 aliphatic heterocycles. The lowest BCUT2D eigenvalue weighted by Gasteiger charge is -2.18. The number of hydrogen-bond acceptors (Lipinski definition) is 6. The molecule has 1 unspecified atom stereocenters. The predicted molar refractivity (Wildman–Crippen MR) is 261 cm³/mol. The lowest BCUT2D eigenvalue weighted by Crippen LogP contribution is -2.30. The Kier molecular flexibility index (Phi) is 47.4. The van der Waals surface area contributed by atoms with Crippen molar-refractivity contribution in [1.29, 1.82) is 0 Å². The average molecular weight is 853 g/mol. The molecule has 6 heteroatoms. The van der Waals surface area contributed by atoms with Crippen molar-refractivity contribution < 1.29 is 28.6 Å². The molecule has 0 bridgehead atoms. The first-order valence-corrected chi connectivity index (χ1v) is 25.8. The molecule has 1 atom stereocenters. The maximum Gasteiger partial charge on any atom is 0.306 e. The maximum atomic E-state index is 12.8. The zero-order chi connectivity index (χ0) is 44.4. The molecule has 0 saturated heterocycles. The van der Waals surface area contributed by atoms with E-state index in [1.165, 1.54) is 128 Å². The molecular weight excluding hydrogens is 757 g/mol. The van der Waals surface area contributed by atoms with E-state index in [9.17, 15) is 14.4 Å². The Bertz CT molecular complexity index is 1120. The van der Waals surface area contributed by atoms with Crippen LogP contribution in [0.3, 0.4) is 0 Å². The highest BCUT2D eigenvalue weighted by Gasteiger charge is 2.19. The number of ether oxygens (including phenoxy) is 3. The minimum absolute atomic E-state index is 0.0930. The van der Waals surface area contributed by atoms with E-state index in [-0.39, 0.29) is 37.5 Å². The van der Waals surface area contributed by atoms with Gasteiger partial charge in [0.05, 0.1) is 0 Å². The van der Waals surface area contributed by atoms with Crippen molar-refractivity contribution in [2.45, 2.75) is 258 Å². The summed E-state index contributed by atoms with van der Waals surface area (Å²) in [4.78, 5) is 37.9. The Morgan fingerprint density at radius 1 is 0.344 bits per heavy atom. The van der Waals surface area contributed by atoms with Crippen LogP contribution in [0.1, 0.15) is 252 Å². The first kappa shape index (κ1) is 58.1. The summed E-state index contributed by atoms with van der Waals surface area (Å²) in [5.41, 5.74) is 0. The number of carbonyl (C=O) groups excluding carboxylic acids is 3. The SMILES string of the molecule is CC\C=C/C=C\C=C/C=C\CCCCCC(=O)OC(COC(=O)CCCCC/C=C\CCCCCCCC)COC(=O)CCCCCCCCCCCCCCCCCCC. The number of unbranched alkanes of at least 4 members (excludes halogenated alkanes) is 28. The molecule has 0 heterocycles. The molecule has 352 valence electrons. The summed E-state index contributed by atoms with van der Waals surface area (Å²) >= 11 is 0. The number of allylic oxidation sites excluding steroid dienone is 10. The zero-order valence-corrected chi connectivity index (χ0v) is 40.2. The molecule has 0 spiro atoms. The molecule has 0 aromatic heterocycles. The van der Waals surface area contributed by atoms with E-state index in [2.05, 4.69) is 45.1 Å². The molecule has 0 aliphatic carbocycles. The number of esters is 3. The van der Waals surface area contributed by atoms with E-state index in [0.717, 1.165) is 83.5 Å². The molecule has 0 rings (SSSR count). The fourth-order valence-electron chi connectivity index (χ4n) is 7.21. The first-order chi connectivity index (χ1) is 30.0. The largest absolute Gasteiger partial charge is 0.462 e. The van der Waals surface area contributed by atoms with Crippen molar-refractivity contribution in [2.24, 2.45) is 0 Å². The van der Waals surface area contributed by atoms with Gasteiger partial charge >= 0.3 is 17.9 Å². The Hall–Kier alpha value is -2.89. The van der Waals surface area contributed by atoms with Gasteiger partial charge < -0.3 is 14.2 Å². The fraction of sp³-hybridized carbons (Fsp3) is 0.764. The Balaban J connectivity index is 4.40. The molecule has 6 nitrogen and oxygen atoms in total. The van der Waals surface area contributed by atoms with Crippen molar-refractivity contribution in [3.8, 4) is 0 Å². The van der Waals surface area contributed by atoms with Crippen LogP contribution >= 0.6 is 0 Å². The van der Waals surface area contributed by atoms with E-state index in [1.54, 1.807) is 0 Å². The Labute approximate surface area is 377 Å². The van der Waals surface area contributed by atoms with Gasteiger partial charge in [0, 0.05) is 19.3 Å². The van der Waals surface area contributed by atoms with E-state index in [1.807, 2.05) is 36.5 Å². The topological polar surface area (TPSA) is 78.9 Å². The van der Waals surface area contributed by atoms with Crippen molar-refractivity contribution in [2.75, 3.05) is 13.2 Å². The number of hydrogen-bond donors (Lipinski definition) is 0. The maximum absolute atomic E-state index is 12.8. The molecule has 0 fully saturated rings. The number of carbonyl (C=O) groups is 3. The van der Waals surface area contributed by atoms with Gasteiger partial charge in [-0.1, -0.05) is 229 Å². The van der Waals surface area contributed by atoms with Gasteiger partial charge in [-0.05, 0) is 64.2 Å². The second kappa shape index (κ2) is 49.8. The summed E-state index contributed by atoms with van der Waals surface area (Å²) < 4.78 is 16.7. The molecule has 0 aromatic carbocycles. The van der Waals surface area contributed by atoms with Crippen LogP contribution in [0.4, 0.5) is 0 Å². The average Bonchev–Trinajstić information content (AvgIpc) is 3.26. The smallest absolute Gasteiger partial charge is 0.306 e. The van der Waals surface area contributed by atoms with Gasteiger partial charge in [0.15, 0.2) is 6.10 Å². The molecule has 0 saturated carbocycles. The minimum Gasteiger partial charge on any atom is -0.462 e. The van der Waals surface area contributed by atoms with Crippen LogP contribution in [0, 0.1) is 0 Å². The quantitative estimate of drug-likeness (QED) is 0.0200. The van der Waals surface area contributed by atoms with Crippen LogP contribution in [-0.4, -0.2) is 37.2 Å². The highest BCUT2D eigenvalue weighted by molar-refractivity contribution is 5.71. The summed E-state index contributed by atoms with van der Waals surface area (Å²) in [6.07, 6.45) is 60.7. The fourth-order valence-corrected chi connectivity index (χ4v) is 7.21. The van der Waals surface area contributed by atoms with Gasteiger partial charge in [-0.25, -0.2) is 0 Å². The van der Waals surface area contributed by atoms with Crippen LogP contribution in [0.15, 0.2) is 60.8 Å². The summed E-state index contributed by atoms with van der Waals surface area (Å²) in [6, 6.07) is 0. The second-order valence-corrected chi connectivity index (χ2v) is 17.1. The third-order valence-electron chi connectivity index (χ3n) is 11.1. The van der Waals surface area contributed by atoms with Gasteiger partial charge in [-0.3, -0.25) is 14.4 Å². The van der Waals surface area contributed by atoms with Crippen LogP contribution in [-0.2, 0) is 28.6 Å². The monoisotopic (exact) mass is 853 g/mol. The lowest BCUT2D eigenvalue weighted by atomic mass is 10.0. The van der Waals surface area contributed by atoms with E-state index in [0.29, 0.717) is 12.8 Å². The molecule has 0 amide bonds. The Morgan fingerprint density at radius 3 is 1.07 bits per heavy atom. The predicted octanol–water partition coefficient (Wildman–Crippen LogP) is 16.9. The van der Waals surface area contributed by atoms with E-state index < -0.39 is 6.10 Å². The third-order valence-corrected chi connectivity index (χ3v) is 11.1. The van der Waals surface area contributed by atoms with Crippen LogP contribution < -0.4 is 0 Å². The van der Waals surface area contributed by atoms with Crippen molar-refractivity contribution in [3.63, 3.8) is 0 Å².